The Morgan fingerprint density at radius 2 is 2.00 bits per heavy atom. The Morgan fingerprint density at radius 3 is 2.59 bits per heavy atom. The van der Waals surface area contributed by atoms with Crippen LogP contribution < -0.4 is 5.73 Å². The van der Waals surface area contributed by atoms with E-state index in [0.29, 0.717) is 6.54 Å². The minimum absolute atomic E-state index is 0.198. The predicted molar refractivity (Wildman–Crippen MR) is 70.3 cm³/mol. The van der Waals surface area contributed by atoms with Crippen LogP contribution in [0.25, 0.3) is 0 Å². The fraction of sp³-hybridized carbons (Fsp3) is 0.286. The van der Waals surface area contributed by atoms with Crippen LogP contribution in [0.3, 0.4) is 0 Å². The third-order valence-electron chi connectivity index (χ3n) is 3.12. The molecule has 17 heavy (non-hydrogen) atoms. The number of halogens is 1. The third-order valence-corrected chi connectivity index (χ3v) is 3.45. The maximum absolute atomic E-state index is 6.24. The van der Waals surface area contributed by atoms with E-state index in [1.807, 2.05) is 36.4 Å². The summed E-state index contributed by atoms with van der Waals surface area (Å²) in [6.07, 6.45) is 2.43. The van der Waals surface area contributed by atoms with Gasteiger partial charge in [0, 0.05) is 23.4 Å². The lowest BCUT2D eigenvalue weighted by Gasteiger charge is -2.28. The summed E-state index contributed by atoms with van der Waals surface area (Å²) in [5.74, 6) is 0.929. The molecule has 2 rings (SSSR count). The normalized spacial score (nSPS) is 14.5. The second kappa shape index (κ2) is 4.94. The minimum atomic E-state index is -0.198. The molecular weight excluding hydrogens is 234 g/mol. The molecule has 0 aliphatic heterocycles. The van der Waals surface area contributed by atoms with Crippen molar-refractivity contribution in [2.75, 3.05) is 6.54 Å². The first-order valence-corrected chi connectivity index (χ1v) is 6.01. The lowest BCUT2D eigenvalue weighted by atomic mass is 9.79. The molecule has 0 amide bonds. The summed E-state index contributed by atoms with van der Waals surface area (Å²) in [5, 5.41) is 0.756. The van der Waals surface area contributed by atoms with Crippen molar-refractivity contribution in [1.29, 1.82) is 0 Å². The molecule has 1 heterocycles. The molecular formula is C14H16ClNO. The highest BCUT2D eigenvalue weighted by Gasteiger charge is 2.28. The van der Waals surface area contributed by atoms with E-state index in [2.05, 4.69) is 6.92 Å². The van der Waals surface area contributed by atoms with Crippen molar-refractivity contribution in [1.82, 2.24) is 0 Å². The highest BCUT2D eigenvalue weighted by Crippen LogP contribution is 2.32. The SMILES string of the molecule is CC(CN)(Cc1ccco1)c1ccccc1Cl. The molecule has 1 atom stereocenters. The van der Waals surface area contributed by atoms with Crippen molar-refractivity contribution in [2.45, 2.75) is 18.8 Å². The van der Waals surface area contributed by atoms with Crippen LogP contribution in [0.5, 0.6) is 0 Å². The first-order chi connectivity index (χ1) is 8.15. The van der Waals surface area contributed by atoms with E-state index in [1.54, 1.807) is 6.26 Å². The summed E-state index contributed by atoms with van der Waals surface area (Å²) >= 11 is 6.24. The molecule has 0 bridgehead atoms. The van der Waals surface area contributed by atoms with Crippen LogP contribution in [0.15, 0.2) is 47.1 Å². The Labute approximate surface area is 106 Å². The fourth-order valence-electron chi connectivity index (χ4n) is 2.03. The monoisotopic (exact) mass is 249 g/mol. The van der Waals surface area contributed by atoms with Gasteiger partial charge in [-0.15, -0.1) is 0 Å². The number of benzene rings is 1. The van der Waals surface area contributed by atoms with Gasteiger partial charge in [0.2, 0.25) is 0 Å². The second-order valence-electron chi connectivity index (χ2n) is 4.50. The standard InChI is InChI=1S/C14H16ClNO/c1-14(10-16,9-11-5-4-8-17-11)12-6-2-3-7-13(12)15/h2-8H,9-10,16H2,1H3. The molecule has 1 aromatic heterocycles. The molecule has 2 aromatic rings. The zero-order valence-corrected chi connectivity index (χ0v) is 10.6. The lowest BCUT2D eigenvalue weighted by Crippen LogP contribution is -2.34. The molecule has 0 radical (unpaired) electrons. The molecule has 0 spiro atoms. The first kappa shape index (κ1) is 12.2. The summed E-state index contributed by atoms with van der Waals surface area (Å²) in [6.45, 7) is 2.63. The molecule has 1 unspecified atom stereocenters. The summed E-state index contributed by atoms with van der Waals surface area (Å²) in [7, 11) is 0. The van der Waals surface area contributed by atoms with E-state index in [4.69, 9.17) is 21.8 Å². The Bertz CT molecular complexity index is 481. The topological polar surface area (TPSA) is 39.2 Å². The summed E-state index contributed by atoms with van der Waals surface area (Å²) in [6, 6.07) is 11.7. The smallest absolute Gasteiger partial charge is 0.104 e. The number of furan rings is 1. The van der Waals surface area contributed by atoms with Gasteiger partial charge in [0.25, 0.3) is 0 Å². The summed E-state index contributed by atoms with van der Waals surface area (Å²) in [5.41, 5.74) is 6.80. The van der Waals surface area contributed by atoms with Crippen LogP contribution in [-0.2, 0) is 11.8 Å². The lowest BCUT2D eigenvalue weighted by molar-refractivity contribution is 0.412. The molecule has 0 aliphatic carbocycles. The van der Waals surface area contributed by atoms with E-state index >= 15 is 0 Å². The summed E-state index contributed by atoms with van der Waals surface area (Å²) in [4.78, 5) is 0. The maximum atomic E-state index is 6.24. The van der Waals surface area contributed by atoms with Gasteiger partial charge < -0.3 is 10.2 Å². The second-order valence-corrected chi connectivity index (χ2v) is 4.91. The van der Waals surface area contributed by atoms with Crippen LogP contribution in [0.1, 0.15) is 18.2 Å². The van der Waals surface area contributed by atoms with Crippen LogP contribution in [0.4, 0.5) is 0 Å². The number of rotatable bonds is 4. The highest BCUT2D eigenvalue weighted by molar-refractivity contribution is 6.31. The Kier molecular flexibility index (Phi) is 3.55. The minimum Gasteiger partial charge on any atom is -0.469 e. The largest absolute Gasteiger partial charge is 0.469 e. The van der Waals surface area contributed by atoms with E-state index < -0.39 is 0 Å². The highest BCUT2D eigenvalue weighted by atomic mass is 35.5. The number of nitrogens with two attached hydrogens (primary N) is 1. The van der Waals surface area contributed by atoms with Crippen LogP contribution >= 0.6 is 11.6 Å². The molecule has 3 heteroatoms. The van der Waals surface area contributed by atoms with Crippen molar-refractivity contribution in [2.24, 2.45) is 5.73 Å². The van der Waals surface area contributed by atoms with E-state index in [-0.39, 0.29) is 5.41 Å². The van der Waals surface area contributed by atoms with E-state index in [0.717, 1.165) is 22.8 Å². The van der Waals surface area contributed by atoms with Gasteiger partial charge in [0.05, 0.1) is 6.26 Å². The van der Waals surface area contributed by atoms with Crippen molar-refractivity contribution < 1.29 is 4.42 Å². The molecule has 0 fully saturated rings. The van der Waals surface area contributed by atoms with Crippen LogP contribution in [0, 0.1) is 0 Å². The molecule has 0 aliphatic rings. The van der Waals surface area contributed by atoms with Gasteiger partial charge in [0.15, 0.2) is 0 Å². The summed E-state index contributed by atoms with van der Waals surface area (Å²) < 4.78 is 5.39. The average Bonchev–Trinajstić information content (AvgIpc) is 2.82. The van der Waals surface area contributed by atoms with Gasteiger partial charge in [0.1, 0.15) is 5.76 Å². The molecule has 0 saturated heterocycles. The van der Waals surface area contributed by atoms with Gasteiger partial charge in [-0.05, 0) is 23.8 Å². The third kappa shape index (κ3) is 2.54. The van der Waals surface area contributed by atoms with Gasteiger partial charge >= 0.3 is 0 Å². The van der Waals surface area contributed by atoms with Crippen molar-refractivity contribution in [3.63, 3.8) is 0 Å². The van der Waals surface area contributed by atoms with Crippen molar-refractivity contribution in [3.05, 3.63) is 59.0 Å². The molecule has 2 nitrogen and oxygen atoms in total. The zero-order valence-electron chi connectivity index (χ0n) is 9.82. The van der Waals surface area contributed by atoms with Gasteiger partial charge in [-0.25, -0.2) is 0 Å². The molecule has 2 N–H and O–H groups in total. The van der Waals surface area contributed by atoms with Crippen LogP contribution in [0.2, 0.25) is 5.02 Å². The van der Waals surface area contributed by atoms with Crippen molar-refractivity contribution >= 4 is 11.6 Å². The molecule has 0 saturated carbocycles. The maximum Gasteiger partial charge on any atom is 0.104 e. The predicted octanol–water partition coefficient (Wildman–Crippen LogP) is 3.39. The number of hydrogen-bond acceptors (Lipinski definition) is 2. The Morgan fingerprint density at radius 1 is 1.24 bits per heavy atom. The Hall–Kier alpha value is -1.25. The molecule has 90 valence electrons. The van der Waals surface area contributed by atoms with Gasteiger partial charge in [-0.3, -0.25) is 0 Å². The first-order valence-electron chi connectivity index (χ1n) is 5.63. The fourth-order valence-corrected chi connectivity index (χ4v) is 2.39. The zero-order chi connectivity index (χ0) is 12.3. The average molecular weight is 250 g/mol. The quantitative estimate of drug-likeness (QED) is 0.902. The molecule has 1 aromatic carbocycles. The van der Waals surface area contributed by atoms with E-state index in [9.17, 15) is 0 Å². The van der Waals surface area contributed by atoms with Crippen LogP contribution in [-0.4, -0.2) is 6.54 Å². The van der Waals surface area contributed by atoms with Gasteiger partial charge in [-0.1, -0.05) is 36.7 Å². The van der Waals surface area contributed by atoms with Gasteiger partial charge in [-0.2, -0.15) is 0 Å². The van der Waals surface area contributed by atoms with Crippen molar-refractivity contribution in [3.8, 4) is 0 Å². The number of hydrogen-bond donors (Lipinski definition) is 1. The van der Waals surface area contributed by atoms with E-state index in [1.165, 1.54) is 0 Å². The Balaban J connectivity index is 2.34.